The van der Waals surface area contributed by atoms with Crippen LogP contribution < -0.4 is 24.8 Å². The summed E-state index contributed by atoms with van der Waals surface area (Å²) in [6, 6.07) is 13.2. The van der Waals surface area contributed by atoms with E-state index in [1.165, 1.54) is 11.0 Å². The van der Waals surface area contributed by atoms with Crippen LogP contribution >= 0.6 is 0 Å². The number of sulfonamides is 1. The second kappa shape index (κ2) is 16.3. The summed E-state index contributed by atoms with van der Waals surface area (Å²) in [5.74, 6) is -1.59. The molecular formula is C44H51N5O9S. The summed E-state index contributed by atoms with van der Waals surface area (Å²) in [5.41, 5.74) is 1.35. The van der Waals surface area contributed by atoms with Crippen molar-refractivity contribution in [2.45, 2.75) is 93.7 Å². The molecule has 5 aliphatic rings. The molecule has 1 unspecified atom stereocenters. The number of cyclic esters (lactones) is 1. The average Bonchev–Trinajstić information content (AvgIpc) is 4.10. The Balaban J connectivity index is 1.19. The molecule has 8 rings (SSSR count). The van der Waals surface area contributed by atoms with E-state index in [-0.39, 0.29) is 37.8 Å². The van der Waals surface area contributed by atoms with Gasteiger partial charge in [0.15, 0.2) is 0 Å². The molecule has 3 aliphatic carbocycles. The Morgan fingerprint density at radius 2 is 1.85 bits per heavy atom. The van der Waals surface area contributed by atoms with Crippen LogP contribution in [0.2, 0.25) is 0 Å². The van der Waals surface area contributed by atoms with Crippen molar-refractivity contribution in [3.05, 3.63) is 72.8 Å². The first-order valence-corrected chi connectivity index (χ1v) is 22.1. The maximum Gasteiger partial charge on any atom is 0.407 e. The minimum Gasteiger partial charge on any atom is -0.496 e. The number of pyridine rings is 1. The molecule has 59 heavy (non-hydrogen) atoms. The summed E-state index contributed by atoms with van der Waals surface area (Å²) in [5, 5.41) is 5.78. The zero-order chi connectivity index (χ0) is 41.5. The zero-order valence-electron chi connectivity index (χ0n) is 33.4. The minimum atomic E-state index is -3.91. The fraction of sp³-hybridized carbons (Fsp3) is 0.477. The molecule has 15 heteroatoms. The predicted octanol–water partition coefficient (Wildman–Crippen LogP) is 5.27. The first kappa shape index (κ1) is 40.3. The van der Waals surface area contributed by atoms with Crippen LogP contribution in [0, 0.1) is 17.8 Å². The molecule has 3 N–H and O–H groups in total. The third kappa shape index (κ3) is 8.39. The highest BCUT2D eigenvalue weighted by Crippen LogP contribution is 2.46. The Hall–Kier alpha value is -5.44. The number of carbonyl (C=O) groups is 4. The molecule has 2 aromatic carbocycles. The Labute approximate surface area is 344 Å². The number of fused-ring (bicyclic) bond motifs is 3. The Morgan fingerprint density at radius 3 is 2.54 bits per heavy atom. The summed E-state index contributed by atoms with van der Waals surface area (Å²) >= 11 is 0. The largest absolute Gasteiger partial charge is 0.496 e. The van der Waals surface area contributed by atoms with E-state index in [1.54, 1.807) is 7.11 Å². The van der Waals surface area contributed by atoms with Gasteiger partial charge in [0.1, 0.15) is 35.2 Å². The molecule has 1 aromatic heterocycles. The summed E-state index contributed by atoms with van der Waals surface area (Å²) in [6.45, 7) is 5.88. The zero-order valence-corrected chi connectivity index (χ0v) is 34.2. The van der Waals surface area contributed by atoms with Crippen molar-refractivity contribution in [3.63, 3.8) is 0 Å². The van der Waals surface area contributed by atoms with Gasteiger partial charge in [0, 0.05) is 41.0 Å². The van der Waals surface area contributed by atoms with Crippen LogP contribution in [0.3, 0.4) is 0 Å². The van der Waals surface area contributed by atoms with Gasteiger partial charge in [-0.2, -0.15) is 0 Å². The number of aromatic nitrogens is 1. The minimum absolute atomic E-state index is 0.0125. The van der Waals surface area contributed by atoms with Gasteiger partial charge in [0.25, 0.3) is 5.91 Å². The second-order valence-corrected chi connectivity index (χ2v) is 18.6. The molecule has 3 heterocycles. The van der Waals surface area contributed by atoms with Crippen molar-refractivity contribution in [2.75, 3.05) is 20.3 Å². The normalized spacial score (nSPS) is 27.6. The number of amides is 4. The molecule has 0 spiro atoms. The van der Waals surface area contributed by atoms with E-state index in [4.69, 9.17) is 19.2 Å². The number of nitrogens with zero attached hydrogens (tertiary/aromatic N) is 2. The van der Waals surface area contributed by atoms with E-state index in [9.17, 15) is 27.6 Å². The summed E-state index contributed by atoms with van der Waals surface area (Å²) in [4.78, 5) is 62.9. The van der Waals surface area contributed by atoms with E-state index in [1.807, 2.05) is 67.6 Å². The molecule has 2 aliphatic heterocycles. The Kier molecular flexibility index (Phi) is 11.2. The van der Waals surface area contributed by atoms with E-state index in [2.05, 4.69) is 21.9 Å². The smallest absolute Gasteiger partial charge is 0.407 e. The third-order valence-corrected chi connectivity index (χ3v) is 14.1. The number of allylic oxidation sites excluding steroid dienone is 1. The van der Waals surface area contributed by atoms with E-state index < -0.39 is 68.7 Å². The maximum absolute atomic E-state index is 14.9. The average molecular weight is 826 g/mol. The number of nitrogens with one attached hydrogen (secondary N) is 3. The lowest BCUT2D eigenvalue weighted by atomic mass is 9.96. The summed E-state index contributed by atoms with van der Waals surface area (Å²) in [7, 11) is -2.32. The van der Waals surface area contributed by atoms with Crippen molar-refractivity contribution >= 4 is 50.8 Å². The van der Waals surface area contributed by atoms with E-state index in [0.29, 0.717) is 60.2 Å². The van der Waals surface area contributed by atoms with Crippen molar-refractivity contribution in [1.82, 2.24) is 25.2 Å². The van der Waals surface area contributed by atoms with Gasteiger partial charge < -0.3 is 29.7 Å². The molecule has 3 saturated carbocycles. The predicted molar refractivity (Wildman–Crippen MR) is 221 cm³/mol. The molecular weight excluding hydrogens is 775 g/mol. The number of alkyl carbamates (subject to hydrolysis) is 1. The van der Waals surface area contributed by atoms with Crippen LogP contribution in [0.25, 0.3) is 28.2 Å². The number of ether oxygens (including phenoxy) is 3. The molecule has 4 bridgehead atoms. The fourth-order valence-electron chi connectivity index (χ4n) is 8.71. The number of methoxy groups -OCH3 is 1. The number of carbonyl (C=O) groups excluding carboxylic acids is 4. The number of hydrogen-bond acceptors (Lipinski definition) is 10. The van der Waals surface area contributed by atoms with Crippen LogP contribution in [0.15, 0.2) is 67.3 Å². The van der Waals surface area contributed by atoms with Gasteiger partial charge in [0.2, 0.25) is 21.8 Å². The van der Waals surface area contributed by atoms with Gasteiger partial charge in [-0.1, -0.05) is 68.3 Å². The standard InChI is InChI=1S/C44H51N5O9S/c1-4-30-23-44(30,42(52)48-59(54,55)32-17-18-32)47-40(50)36-20-31-24-49(36)41(51)39(28-14-8-9-15-28)46-43(53)57-25-26(2)11-10-16-29-19-33-35(22-37(29)56-3)45-34(21-38(33)58-31)27-12-6-5-7-13-27/h4-7,10,12-13,16,19,21-22,26,28,30-32,36,39H,1,8-9,11,14-15,17-18,20,23-25H2,2-3H3,(H,46,53)(H,47,50)(H,48,52)/t26?,30-,31-,36+,39+,44-/m1/s1. The van der Waals surface area contributed by atoms with Gasteiger partial charge in [-0.25, -0.2) is 18.2 Å². The molecule has 1 saturated heterocycles. The Morgan fingerprint density at radius 1 is 1.08 bits per heavy atom. The van der Waals surface area contributed by atoms with E-state index in [0.717, 1.165) is 24.0 Å². The molecule has 4 amide bonds. The lowest BCUT2D eigenvalue weighted by Gasteiger charge is -2.32. The van der Waals surface area contributed by atoms with Gasteiger partial charge >= 0.3 is 6.09 Å². The van der Waals surface area contributed by atoms with Crippen molar-refractivity contribution in [3.8, 4) is 22.8 Å². The molecule has 0 radical (unpaired) electrons. The first-order valence-electron chi connectivity index (χ1n) is 20.5. The highest BCUT2D eigenvalue weighted by molar-refractivity contribution is 7.91. The van der Waals surface area contributed by atoms with Gasteiger partial charge in [-0.15, -0.1) is 6.58 Å². The quantitative estimate of drug-likeness (QED) is 0.241. The number of rotatable bonds is 9. The van der Waals surface area contributed by atoms with Crippen LogP contribution in [0.1, 0.15) is 70.3 Å². The molecule has 312 valence electrons. The molecule has 6 atom stereocenters. The third-order valence-electron chi connectivity index (χ3n) is 12.3. The molecule has 14 nitrogen and oxygen atoms in total. The lowest BCUT2D eigenvalue weighted by Crippen LogP contribution is -2.59. The van der Waals surface area contributed by atoms with E-state index >= 15 is 0 Å². The van der Waals surface area contributed by atoms with Crippen LogP contribution in [-0.2, 0) is 29.1 Å². The van der Waals surface area contributed by atoms with Crippen molar-refractivity contribution < 1.29 is 41.8 Å². The SMILES string of the molecule is C=C[C@@H]1C[C@]1(NC(=O)[C@@H]1C[C@@H]2CN1C(=O)[C@H](C1CCCC1)NC(=O)OCC(C)CC=Cc1cc3c(cc(-c4ccccc4)nc3cc1OC)O2)C(=O)NS(=O)(=O)C1CC1. The summed E-state index contributed by atoms with van der Waals surface area (Å²) < 4.78 is 46.2. The highest BCUT2D eigenvalue weighted by atomic mass is 32.2. The maximum atomic E-state index is 14.9. The van der Waals surface area contributed by atoms with Gasteiger partial charge in [-0.05, 0) is 56.4 Å². The van der Waals surface area contributed by atoms with Crippen LogP contribution in [0.5, 0.6) is 11.5 Å². The molecule has 4 fully saturated rings. The fourth-order valence-corrected chi connectivity index (χ4v) is 10.1. The van der Waals surface area contributed by atoms with Crippen molar-refractivity contribution in [1.29, 1.82) is 0 Å². The van der Waals surface area contributed by atoms with Crippen LogP contribution in [0.4, 0.5) is 4.79 Å². The number of benzene rings is 2. The van der Waals surface area contributed by atoms with Gasteiger partial charge in [-0.3, -0.25) is 19.1 Å². The summed E-state index contributed by atoms with van der Waals surface area (Å²) in [6.07, 6.45) is 8.94. The lowest BCUT2D eigenvalue weighted by molar-refractivity contribution is -0.142. The number of hydrogen-bond donors (Lipinski definition) is 3. The van der Waals surface area contributed by atoms with Crippen molar-refractivity contribution in [2.24, 2.45) is 17.8 Å². The van der Waals surface area contributed by atoms with Crippen LogP contribution in [-0.4, -0.2) is 91.4 Å². The first-order chi connectivity index (χ1) is 28.4. The van der Waals surface area contributed by atoms with Gasteiger partial charge in [0.05, 0.1) is 36.7 Å². The Bertz CT molecular complexity index is 2290. The topological polar surface area (TPSA) is 182 Å². The molecule has 3 aromatic rings. The second-order valence-electron chi connectivity index (χ2n) is 16.7. The monoisotopic (exact) mass is 825 g/mol. The highest BCUT2D eigenvalue weighted by Gasteiger charge is 2.62.